The van der Waals surface area contributed by atoms with Gasteiger partial charge in [-0.1, -0.05) is 39.0 Å². The van der Waals surface area contributed by atoms with E-state index in [1.54, 1.807) is 0 Å². The van der Waals surface area contributed by atoms with Gasteiger partial charge >= 0.3 is 0 Å². The van der Waals surface area contributed by atoms with Gasteiger partial charge in [0.15, 0.2) is 0 Å². The second-order valence-corrected chi connectivity index (χ2v) is 5.75. The zero-order valence-electron chi connectivity index (χ0n) is 11.3. The lowest BCUT2D eigenvalue weighted by Crippen LogP contribution is -2.07. The van der Waals surface area contributed by atoms with Crippen molar-refractivity contribution in [3.05, 3.63) is 29.8 Å². The molecule has 1 aromatic rings. The highest BCUT2D eigenvalue weighted by molar-refractivity contribution is 8.03. The maximum absolute atomic E-state index is 8.54. The van der Waals surface area contributed by atoms with Crippen LogP contribution < -0.4 is 4.74 Å². The molecular weight excluding hydrogens is 242 g/mol. The molecule has 0 saturated carbocycles. The van der Waals surface area contributed by atoms with Crippen molar-refractivity contribution in [1.29, 1.82) is 5.26 Å². The van der Waals surface area contributed by atoms with Crippen LogP contribution in [0.3, 0.4) is 0 Å². The van der Waals surface area contributed by atoms with E-state index in [1.165, 1.54) is 17.3 Å². The topological polar surface area (TPSA) is 33.0 Å². The fraction of sp³-hybridized carbons (Fsp3) is 0.533. The Hall–Kier alpha value is -1.14. The van der Waals surface area contributed by atoms with Crippen LogP contribution in [0.5, 0.6) is 5.75 Å². The molecule has 2 nitrogen and oxygen atoms in total. The number of hydrogen-bond donors (Lipinski definition) is 0. The molecule has 0 N–H and O–H groups in total. The zero-order chi connectivity index (χ0) is 13.4. The third kappa shape index (κ3) is 5.01. The number of thiocyanates is 1. The van der Waals surface area contributed by atoms with Crippen LogP contribution in [0.2, 0.25) is 0 Å². The number of benzene rings is 1. The monoisotopic (exact) mass is 263 g/mol. The summed E-state index contributed by atoms with van der Waals surface area (Å²) in [6, 6.07) is 8.21. The van der Waals surface area contributed by atoms with Crippen molar-refractivity contribution < 1.29 is 4.74 Å². The molecule has 0 heterocycles. The molecule has 0 spiro atoms. The summed E-state index contributed by atoms with van der Waals surface area (Å²) >= 11 is 1.32. The number of hydrogen-bond acceptors (Lipinski definition) is 3. The van der Waals surface area contributed by atoms with Crippen molar-refractivity contribution in [2.24, 2.45) is 5.92 Å². The Morgan fingerprint density at radius 1 is 1.28 bits per heavy atom. The van der Waals surface area contributed by atoms with Crippen molar-refractivity contribution in [1.82, 2.24) is 0 Å². The molecule has 3 heteroatoms. The molecule has 98 valence electrons. The van der Waals surface area contributed by atoms with E-state index >= 15 is 0 Å². The SMILES string of the molecule is CC(C)COc1ccccc1C(C)CCSC#N. The summed E-state index contributed by atoms with van der Waals surface area (Å²) in [4.78, 5) is 0. The summed E-state index contributed by atoms with van der Waals surface area (Å²) in [5, 5.41) is 10.7. The van der Waals surface area contributed by atoms with Gasteiger partial charge in [0, 0.05) is 5.75 Å². The predicted molar refractivity (Wildman–Crippen MR) is 77.9 cm³/mol. The number of thioether (sulfide) groups is 1. The number of ether oxygens (including phenoxy) is 1. The Labute approximate surface area is 114 Å². The Balaban J connectivity index is 2.65. The van der Waals surface area contributed by atoms with Gasteiger partial charge < -0.3 is 4.74 Å². The van der Waals surface area contributed by atoms with Gasteiger partial charge in [-0.15, -0.1) is 0 Å². The van der Waals surface area contributed by atoms with Crippen molar-refractivity contribution >= 4 is 11.8 Å². The van der Waals surface area contributed by atoms with E-state index in [0.29, 0.717) is 11.8 Å². The fourth-order valence-electron chi connectivity index (χ4n) is 1.71. The van der Waals surface area contributed by atoms with E-state index in [2.05, 4.69) is 32.2 Å². The smallest absolute Gasteiger partial charge is 0.133 e. The van der Waals surface area contributed by atoms with Crippen LogP contribution in [-0.2, 0) is 0 Å². The Morgan fingerprint density at radius 3 is 2.67 bits per heavy atom. The third-order valence-corrected chi connectivity index (χ3v) is 3.31. The fourth-order valence-corrected chi connectivity index (χ4v) is 2.28. The van der Waals surface area contributed by atoms with Crippen LogP contribution in [0, 0.1) is 16.6 Å². The molecule has 18 heavy (non-hydrogen) atoms. The first kappa shape index (κ1) is 14.9. The van der Waals surface area contributed by atoms with E-state index in [-0.39, 0.29) is 0 Å². The molecule has 0 radical (unpaired) electrons. The first-order chi connectivity index (χ1) is 8.65. The molecule has 1 atom stereocenters. The average Bonchev–Trinajstić information content (AvgIpc) is 2.37. The maximum Gasteiger partial charge on any atom is 0.133 e. The maximum atomic E-state index is 8.54. The second-order valence-electron chi connectivity index (χ2n) is 4.87. The number of nitrogens with zero attached hydrogens (tertiary/aromatic N) is 1. The van der Waals surface area contributed by atoms with E-state index in [9.17, 15) is 0 Å². The summed E-state index contributed by atoms with van der Waals surface area (Å²) in [6.45, 7) is 7.23. The van der Waals surface area contributed by atoms with Crippen LogP contribution in [-0.4, -0.2) is 12.4 Å². The molecule has 0 aliphatic carbocycles. The highest BCUT2D eigenvalue weighted by Crippen LogP contribution is 2.29. The molecule has 0 saturated heterocycles. The van der Waals surface area contributed by atoms with Gasteiger partial charge in [-0.3, -0.25) is 0 Å². The zero-order valence-corrected chi connectivity index (χ0v) is 12.2. The normalized spacial score (nSPS) is 12.2. The molecule has 0 aliphatic rings. The number of nitriles is 1. The summed E-state index contributed by atoms with van der Waals surface area (Å²) in [5.74, 6) is 2.81. The van der Waals surface area contributed by atoms with E-state index < -0.39 is 0 Å². The van der Waals surface area contributed by atoms with Crippen molar-refractivity contribution in [3.63, 3.8) is 0 Å². The van der Waals surface area contributed by atoms with E-state index in [0.717, 1.165) is 24.5 Å². The van der Waals surface area contributed by atoms with Crippen molar-refractivity contribution in [2.45, 2.75) is 33.1 Å². The van der Waals surface area contributed by atoms with E-state index in [1.807, 2.05) is 18.2 Å². The molecule has 0 amide bonds. The van der Waals surface area contributed by atoms with Gasteiger partial charge in [0.05, 0.1) is 6.61 Å². The Kier molecular flexibility index (Phi) is 6.67. The number of para-hydroxylation sites is 1. The number of rotatable bonds is 7. The predicted octanol–water partition coefficient (Wildman–Crippen LogP) is 4.43. The molecule has 1 unspecified atom stereocenters. The second kappa shape index (κ2) is 8.05. The summed E-state index contributed by atoms with van der Waals surface area (Å²) in [6.07, 6.45) is 1.00. The lowest BCUT2D eigenvalue weighted by Gasteiger charge is -2.17. The van der Waals surface area contributed by atoms with Crippen molar-refractivity contribution in [3.8, 4) is 11.2 Å². The minimum absolute atomic E-state index is 0.425. The van der Waals surface area contributed by atoms with Crippen LogP contribution >= 0.6 is 11.8 Å². The minimum atomic E-state index is 0.425. The summed E-state index contributed by atoms with van der Waals surface area (Å²) < 4.78 is 5.85. The molecular formula is C15H21NOS. The minimum Gasteiger partial charge on any atom is -0.493 e. The van der Waals surface area contributed by atoms with Gasteiger partial charge in [-0.25, -0.2) is 0 Å². The largest absolute Gasteiger partial charge is 0.493 e. The summed E-state index contributed by atoms with van der Waals surface area (Å²) in [5.41, 5.74) is 1.25. The van der Waals surface area contributed by atoms with Gasteiger partial charge in [0.1, 0.15) is 11.2 Å². The quantitative estimate of drug-likeness (QED) is 0.539. The Bertz CT molecular complexity index is 398. The highest BCUT2D eigenvalue weighted by atomic mass is 32.2. The van der Waals surface area contributed by atoms with Crippen LogP contribution in [0.25, 0.3) is 0 Å². The molecule has 1 rings (SSSR count). The third-order valence-electron chi connectivity index (χ3n) is 2.74. The van der Waals surface area contributed by atoms with Gasteiger partial charge in [0.25, 0.3) is 0 Å². The average molecular weight is 263 g/mol. The van der Waals surface area contributed by atoms with Gasteiger partial charge in [-0.2, -0.15) is 5.26 Å². The first-order valence-electron chi connectivity index (χ1n) is 6.37. The van der Waals surface area contributed by atoms with Gasteiger partial charge in [-0.05, 0) is 41.6 Å². The first-order valence-corrected chi connectivity index (χ1v) is 7.36. The molecule has 0 bridgehead atoms. The summed E-state index contributed by atoms with van der Waals surface area (Å²) in [7, 11) is 0. The van der Waals surface area contributed by atoms with Crippen LogP contribution in [0.1, 0.15) is 38.7 Å². The molecule has 0 fully saturated rings. The standard InChI is InChI=1S/C15H21NOS/c1-12(2)10-17-15-7-5-4-6-14(15)13(3)8-9-18-11-16/h4-7,12-13H,8-10H2,1-3H3. The highest BCUT2D eigenvalue weighted by Gasteiger charge is 2.11. The molecule has 1 aromatic carbocycles. The van der Waals surface area contributed by atoms with Crippen LogP contribution in [0.4, 0.5) is 0 Å². The van der Waals surface area contributed by atoms with E-state index in [4.69, 9.17) is 10.00 Å². The lowest BCUT2D eigenvalue weighted by molar-refractivity contribution is 0.267. The lowest BCUT2D eigenvalue weighted by atomic mass is 9.98. The van der Waals surface area contributed by atoms with Crippen LogP contribution in [0.15, 0.2) is 24.3 Å². The molecule has 0 aliphatic heterocycles. The Morgan fingerprint density at radius 2 is 2.00 bits per heavy atom. The molecule has 0 aromatic heterocycles. The van der Waals surface area contributed by atoms with Gasteiger partial charge in [0.2, 0.25) is 0 Å². The van der Waals surface area contributed by atoms with Crippen molar-refractivity contribution in [2.75, 3.05) is 12.4 Å².